The van der Waals surface area contributed by atoms with Crippen LogP contribution in [-0.2, 0) is 10.9 Å². The highest BCUT2D eigenvalue weighted by Gasteiger charge is 2.30. The Morgan fingerprint density at radius 3 is 2.32 bits per heavy atom. The van der Waals surface area contributed by atoms with E-state index in [1.807, 2.05) is 6.07 Å². The van der Waals surface area contributed by atoms with Crippen LogP contribution < -0.4 is 4.74 Å². The first kappa shape index (κ1) is 18.3. The van der Waals surface area contributed by atoms with Crippen molar-refractivity contribution in [1.29, 1.82) is 5.26 Å². The molecule has 4 nitrogen and oxygen atoms in total. The summed E-state index contributed by atoms with van der Waals surface area (Å²) in [5.74, 6) is -0.470. The Morgan fingerprint density at radius 2 is 1.84 bits per heavy atom. The molecular formula is C18H14F3NO3. The van der Waals surface area contributed by atoms with E-state index in [1.165, 1.54) is 31.4 Å². The molecule has 0 aromatic heterocycles. The lowest BCUT2D eigenvalue weighted by Gasteiger charge is -2.13. The maximum absolute atomic E-state index is 12.7. The highest BCUT2D eigenvalue weighted by molar-refractivity contribution is 5.94. The Kier molecular flexibility index (Phi) is 5.32. The normalized spacial score (nSPS) is 10.9. The molecule has 2 aromatic rings. The van der Waals surface area contributed by atoms with Crippen LogP contribution >= 0.6 is 0 Å². The van der Waals surface area contributed by atoms with Crippen molar-refractivity contribution in [2.75, 3.05) is 13.7 Å². The maximum atomic E-state index is 12.7. The average Bonchev–Trinajstić information content (AvgIpc) is 2.60. The molecular weight excluding hydrogens is 335 g/mol. The number of rotatable bonds is 4. The number of hydrogen-bond acceptors (Lipinski definition) is 4. The van der Waals surface area contributed by atoms with Gasteiger partial charge in [0.05, 0.1) is 30.9 Å². The second-order valence-electron chi connectivity index (χ2n) is 5.01. The number of esters is 1. The van der Waals surface area contributed by atoms with E-state index < -0.39 is 17.7 Å². The molecule has 7 heteroatoms. The van der Waals surface area contributed by atoms with Crippen molar-refractivity contribution in [3.8, 4) is 22.9 Å². The number of carbonyl (C=O) groups is 1. The Hall–Kier alpha value is -3.01. The zero-order chi connectivity index (χ0) is 18.6. The zero-order valence-corrected chi connectivity index (χ0v) is 13.5. The van der Waals surface area contributed by atoms with Crippen LogP contribution in [0.2, 0.25) is 0 Å². The summed E-state index contributed by atoms with van der Waals surface area (Å²) in [4.78, 5) is 12.0. The van der Waals surface area contributed by atoms with Crippen molar-refractivity contribution in [2.45, 2.75) is 13.1 Å². The van der Waals surface area contributed by atoms with Gasteiger partial charge in [-0.15, -0.1) is 0 Å². The number of carbonyl (C=O) groups excluding carboxylic acids is 1. The second kappa shape index (κ2) is 7.26. The number of nitrogens with zero attached hydrogens (tertiary/aromatic N) is 1. The van der Waals surface area contributed by atoms with Crippen LogP contribution in [0.15, 0.2) is 36.4 Å². The fraction of sp³-hybridized carbons (Fsp3) is 0.222. The van der Waals surface area contributed by atoms with Gasteiger partial charge in [0.25, 0.3) is 0 Å². The van der Waals surface area contributed by atoms with Crippen LogP contribution in [0.25, 0.3) is 11.1 Å². The van der Waals surface area contributed by atoms with Crippen LogP contribution in [0.5, 0.6) is 5.75 Å². The van der Waals surface area contributed by atoms with Crippen molar-refractivity contribution in [3.05, 3.63) is 53.1 Å². The first-order valence-corrected chi connectivity index (χ1v) is 7.28. The van der Waals surface area contributed by atoms with Crippen molar-refractivity contribution >= 4 is 5.97 Å². The molecule has 25 heavy (non-hydrogen) atoms. The molecule has 0 atom stereocenters. The standard InChI is InChI=1S/C18H14F3NO3/c1-3-25-17(23)15-8-12(10-22)14(9-16(15)24-2)11-4-6-13(7-5-11)18(19,20)21/h4-9H,3H2,1-2H3. The van der Waals surface area contributed by atoms with Crippen LogP contribution in [0.1, 0.15) is 28.4 Å². The number of alkyl halides is 3. The topological polar surface area (TPSA) is 59.3 Å². The smallest absolute Gasteiger partial charge is 0.416 e. The van der Waals surface area contributed by atoms with E-state index in [0.29, 0.717) is 11.1 Å². The van der Waals surface area contributed by atoms with Crippen molar-refractivity contribution in [1.82, 2.24) is 0 Å². The number of benzene rings is 2. The van der Waals surface area contributed by atoms with E-state index >= 15 is 0 Å². The summed E-state index contributed by atoms with van der Waals surface area (Å²) in [6.07, 6.45) is -4.44. The maximum Gasteiger partial charge on any atom is 0.416 e. The first-order chi connectivity index (χ1) is 11.8. The fourth-order valence-electron chi connectivity index (χ4n) is 2.29. The molecule has 2 rings (SSSR count). The lowest BCUT2D eigenvalue weighted by atomic mass is 9.96. The number of hydrogen-bond donors (Lipinski definition) is 0. The van der Waals surface area contributed by atoms with E-state index in [2.05, 4.69) is 0 Å². The summed E-state index contributed by atoms with van der Waals surface area (Å²) in [5, 5.41) is 9.34. The van der Waals surface area contributed by atoms with Gasteiger partial charge >= 0.3 is 12.1 Å². The molecule has 0 aliphatic heterocycles. The highest BCUT2D eigenvalue weighted by atomic mass is 19.4. The monoisotopic (exact) mass is 349 g/mol. The molecule has 0 amide bonds. The van der Waals surface area contributed by atoms with Gasteiger partial charge in [-0.05, 0) is 36.8 Å². The van der Waals surface area contributed by atoms with Gasteiger partial charge in [-0.3, -0.25) is 0 Å². The Balaban J connectivity index is 2.55. The summed E-state index contributed by atoms with van der Waals surface area (Å²) < 4.78 is 48.1. The largest absolute Gasteiger partial charge is 0.496 e. The van der Waals surface area contributed by atoms with Gasteiger partial charge in [-0.1, -0.05) is 12.1 Å². The van der Waals surface area contributed by atoms with E-state index in [9.17, 15) is 23.2 Å². The number of ether oxygens (including phenoxy) is 2. The summed E-state index contributed by atoms with van der Waals surface area (Å²) in [7, 11) is 1.35. The molecule has 0 aliphatic carbocycles. The lowest BCUT2D eigenvalue weighted by Crippen LogP contribution is -2.08. The van der Waals surface area contributed by atoms with Gasteiger partial charge in [0.1, 0.15) is 11.3 Å². The molecule has 0 unspecified atom stereocenters. The Morgan fingerprint density at radius 1 is 1.20 bits per heavy atom. The molecule has 0 aliphatic rings. The molecule has 0 spiro atoms. The Labute approximate surface area is 142 Å². The quantitative estimate of drug-likeness (QED) is 0.766. The first-order valence-electron chi connectivity index (χ1n) is 7.28. The minimum Gasteiger partial charge on any atom is -0.496 e. The average molecular weight is 349 g/mol. The third-order valence-corrected chi connectivity index (χ3v) is 3.48. The fourth-order valence-corrected chi connectivity index (χ4v) is 2.29. The molecule has 0 saturated heterocycles. The zero-order valence-electron chi connectivity index (χ0n) is 13.5. The van der Waals surface area contributed by atoms with Crippen molar-refractivity contribution in [3.63, 3.8) is 0 Å². The van der Waals surface area contributed by atoms with E-state index in [-0.39, 0.29) is 23.5 Å². The molecule has 0 radical (unpaired) electrons. The second-order valence-corrected chi connectivity index (χ2v) is 5.01. The van der Waals surface area contributed by atoms with E-state index in [4.69, 9.17) is 9.47 Å². The SMILES string of the molecule is CCOC(=O)c1cc(C#N)c(-c2ccc(C(F)(F)F)cc2)cc1OC. The molecule has 0 bridgehead atoms. The van der Waals surface area contributed by atoms with Crippen LogP contribution in [0.3, 0.4) is 0 Å². The third kappa shape index (κ3) is 3.91. The minimum absolute atomic E-state index is 0.0801. The molecule has 130 valence electrons. The van der Waals surface area contributed by atoms with E-state index in [0.717, 1.165) is 12.1 Å². The molecule has 2 aromatic carbocycles. The van der Waals surface area contributed by atoms with Gasteiger partial charge in [0.2, 0.25) is 0 Å². The summed E-state index contributed by atoms with van der Waals surface area (Å²) in [5.41, 5.74) is 0.185. The van der Waals surface area contributed by atoms with Gasteiger partial charge in [-0.25, -0.2) is 4.79 Å². The highest BCUT2D eigenvalue weighted by Crippen LogP contribution is 2.34. The molecule has 0 N–H and O–H groups in total. The van der Waals surface area contributed by atoms with Gasteiger partial charge in [0, 0.05) is 5.56 Å². The van der Waals surface area contributed by atoms with Gasteiger partial charge in [0.15, 0.2) is 0 Å². The van der Waals surface area contributed by atoms with E-state index in [1.54, 1.807) is 6.92 Å². The van der Waals surface area contributed by atoms with Crippen LogP contribution in [0.4, 0.5) is 13.2 Å². The van der Waals surface area contributed by atoms with Crippen LogP contribution in [-0.4, -0.2) is 19.7 Å². The summed E-state index contributed by atoms with van der Waals surface area (Å²) >= 11 is 0. The van der Waals surface area contributed by atoms with Crippen molar-refractivity contribution < 1.29 is 27.4 Å². The summed E-state index contributed by atoms with van der Waals surface area (Å²) in [6.45, 7) is 1.80. The van der Waals surface area contributed by atoms with Crippen LogP contribution in [0, 0.1) is 11.3 Å². The predicted octanol–water partition coefficient (Wildman–Crippen LogP) is 4.43. The summed E-state index contributed by atoms with van der Waals surface area (Å²) in [6, 6.07) is 9.09. The Bertz CT molecular complexity index is 821. The predicted molar refractivity (Wildman–Crippen MR) is 84.1 cm³/mol. The number of methoxy groups -OCH3 is 1. The van der Waals surface area contributed by atoms with Gasteiger partial charge in [-0.2, -0.15) is 18.4 Å². The van der Waals surface area contributed by atoms with Gasteiger partial charge < -0.3 is 9.47 Å². The minimum atomic E-state index is -4.44. The molecule has 0 saturated carbocycles. The molecule has 0 heterocycles. The number of halogens is 3. The lowest BCUT2D eigenvalue weighted by molar-refractivity contribution is -0.137. The molecule has 0 fully saturated rings. The van der Waals surface area contributed by atoms with Crippen molar-refractivity contribution in [2.24, 2.45) is 0 Å². The number of nitriles is 1. The third-order valence-electron chi connectivity index (χ3n) is 3.48.